The lowest BCUT2D eigenvalue weighted by Crippen LogP contribution is -2.34. The van der Waals surface area contributed by atoms with Gasteiger partial charge in [0.15, 0.2) is 0 Å². The molecule has 1 aliphatic rings. The molecule has 108 valence electrons. The largest absolute Gasteiger partial charge is 0.391 e. The molecule has 2 unspecified atom stereocenters. The first-order chi connectivity index (χ1) is 9.49. The number of amides is 1. The van der Waals surface area contributed by atoms with Crippen molar-refractivity contribution in [3.63, 3.8) is 0 Å². The highest BCUT2D eigenvalue weighted by Gasteiger charge is 2.26. The molecule has 1 aliphatic heterocycles. The fourth-order valence-corrected chi connectivity index (χ4v) is 2.44. The van der Waals surface area contributed by atoms with Gasteiger partial charge in [-0.05, 0) is 12.1 Å². The van der Waals surface area contributed by atoms with E-state index in [0.717, 1.165) is 0 Å². The quantitative estimate of drug-likeness (QED) is 0.550. The number of aliphatic hydroxyl groups excluding tert-OH is 1. The van der Waals surface area contributed by atoms with Crippen LogP contribution in [0.5, 0.6) is 0 Å². The first-order valence-corrected chi connectivity index (χ1v) is 6.89. The molecule has 3 N–H and O–H groups in total. The lowest BCUT2D eigenvalue weighted by molar-refractivity contribution is -0.385. The third-order valence-corrected chi connectivity index (χ3v) is 3.72. The smallest absolute Gasteiger partial charge is 0.283 e. The molecule has 2 rings (SSSR count). The number of nitrogens with one attached hydrogen (secondary N) is 2. The standard InChI is InChI=1S/C12H14BrN3O4/c13-8-1-2-9(10(3-8)16(19)20)12(18)15-5-7-4-14-6-11(7)17/h1-3,7,11,14,17H,4-6H2,(H,15,18). The van der Waals surface area contributed by atoms with E-state index >= 15 is 0 Å². The number of carbonyl (C=O) groups is 1. The normalized spacial score (nSPS) is 21.7. The van der Waals surface area contributed by atoms with Gasteiger partial charge in [0, 0.05) is 36.1 Å². The van der Waals surface area contributed by atoms with Crippen molar-refractivity contribution in [2.75, 3.05) is 19.6 Å². The summed E-state index contributed by atoms with van der Waals surface area (Å²) in [5.41, 5.74) is -0.236. The zero-order valence-corrected chi connectivity index (χ0v) is 12.1. The van der Waals surface area contributed by atoms with Crippen LogP contribution in [0.3, 0.4) is 0 Å². The van der Waals surface area contributed by atoms with Gasteiger partial charge in [0.2, 0.25) is 0 Å². The van der Waals surface area contributed by atoms with Gasteiger partial charge < -0.3 is 15.7 Å². The van der Waals surface area contributed by atoms with Crippen LogP contribution in [0.4, 0.5) is 5.69 Å². The predicted molar refractivity (Wildman–Crippen MR) is 75.5 cm³/mol. The Morgan fingerprint density at radius 1 is 1.55 bits per heavy atom. The first kappa shape index (κ1) is 14.9. The summed E-state index contributed by atoms with van der Waals surface area (Å²) in [6.45, 7) is 1.39. The van der Waals surface area contributed by atoms with Crippen LogP contribution >= 0.6 is 15.9 Å². The molecule has 1 heterocycles. The molecule has 1 saturated heterocycles. The van der Waals surface area contributed by atoms with Gasteiger partial charge in [-0.25, -0.2) is 0 Å². The van der Waals surface area contributed by atoms with Gasteiger partial charge in [-0.1, -0.05) is 15.9 Å². The third kappa shape index (κ3) is 3.33. The van der Waals surface area contributed by atoms with Crippen molar-refractivity contribution in [3.8, 4) is 0 Å². The number of benzene rings is 1. The minimum atomic E-state index is -0.592. The van der Waals surface area contributed by atoms with Crippen molar-refractivity contribution >= 4 is 27.5 Å². The Morgan fingerprint density at radius 2 is 2.30 bits per heavy atom. The zero-order chi connectivity index (χ0) is 14.7. The number of aliphatic hydroxyl groups is 1. The van der Waals surface area contributed by atoms with Crippen molar-refractivity contribution in [1.82, 2.24) is 10.6 Å². The van der Waals surface area contributed by atoms with Crippen LogP contribution in [0.1, 0.15) is 10.4 Å². The molecule has 8 heteroatoms. The first-order valence-electron chi connectivity index (χ1n) is 6.10. The molecular formula is C12H14BrN3O4. The molecule has 1 aromatic carbocycles. The highest BCUT2D eigenvalue weighted by atomic mass is 79.9. The summed E-state index contributed by atoms with van der Waals surface area (Å²) in [6, 6.07) is 4.27. The molecular weight excluding hydrogens is 330 g/mol. The van der Waals surface area contributed by atoms with Crippen LogP contribution in [0, 0.1) is 16.0 Å². The molecule has 0 bridgehead atoms. The van der Waals surface area contributed by atoms with Gasteiger partial charge >= 0.3 is 0 Å². The summed E-state index contributed by atoms with van der Waals surface area (Å²) in [4.78, 5) is 22.4. The molecule has 20 heavy (non-hydrogen) atoms. The van der Waals surface area contributed by atoms with E-state index in [0.29, 0.717) is 17.6 Å². The molecule has 0 aliphatic carbocycles. The van der Waals surface area contributed by atoms with Crippen LogP contribution in [-0.4, -0.2) is 41.7 Å². The summed E-state index contributed by atoms with van der Waals surface area (Å²) in [5.74, 6) is -0.586. The Labute approximate surface area is 123 Å². The Bertz CT molecular complexity index is 537. The highest BCUT2D eigenvalue weighted by Crippen LogP contribution is 2.23. The van der Waals surface area contributed by atoms with E-state index in [2.05, 4.69) is 26.6 Å². The molecule has 7 nitrogen and oxygen atoms in total. The van der Waals surface area contributed by atoms with Crippen molar-refractivity contribution in [2.45, 2.75) is 6.10 Å². The number of nitro benzene ring substituents is 1. The number of nitro groups is 1. The van der Waals surface area contributed by atoms with Gasteiger partial charge in [-0.3, -0.25) is 14.9 Å². The molecule has 1 amide bonds. The number of hydrogen-bond acceptors (Lipinski definition) is 5. The molecule has 0 radical (unpaired) electrons. The maximum Gasteiger partial charge on any atom is 0.283 e. The van der Waals surface area contributed by atoms with Gasteiger partial charge in [0.25, 0.3) is 11.6 Å². The van der Waals surface area contributed by atoms with E-state index in [1.807, 2.05) is 0 Å². The van der Waals surface area contributed by atoms with E-state index in [1.54, 1.807) is 6.07 Å². The van der Waals surface area contributed by atoms with E-state index in [4.69, 9.17) is 0 Å². The molecule has 0 spiro atoms. The third-order valence-electron chi connectivity index (χ3n) is 3.23. The number of nitrogens with zero attached hydrogens (tertiary/aromatic N) is 1. The molecule has 1 fully saturated rings. The molecule has 2 atom stereocenters. The number of hydrogen-bond donors (Lipinski definition) is 3. The van der Waals surface area contributed by atoms with Crippen LogP contribution in [-0.2, 0) is 0 Å². The van der Waals surface area contributed by atoms with Crippen LogP contribution in [0.2, 0.25) is 0 Å². The Balaban J connectivity index is 2.07. The maximum atomic E-state index is 12.0. The zero-order valence-electron chi connectivity index (χ0n) is 10.5. The van der Waals surface area contributed by atoms with Crippen molar-refractivity contribution in [2.24, 2.45) is 5.92 Å². The number of β-amino-alcohol motifs (C(OH)–C–C–N with tert-alkyl or cyclic N) is 1. The summed E-state index contributed by atoms with van der Waals surface area (Å²) in [6.07, 6.45) is -0.504. The van der Waals surface area contributed by atoms with Crippen molar-refractivity contribution in [1.29, 1.82) is 0 Å². The van der Waals surface area contributed by atoms with Crippen LogP contribution in [0.25, 0.3) is 0 Å². The van der Waals surface area contributed by atoms with E-state index < -0.39 is 16.9 Å². The van der Waals surface area contributed by atoms with Gasteiger partial charge in [0.05, 0.1) is 11.0 Å². The summed E-state index contributed by atoms with van der Waals surface area (Å²) >= 11 is 3.14. The van der Waals surface area contributed by atoms with Crippen molar-refractivity contribution in [3.05, 3.63) is 38.3 Å². The van der Waals surface area contributed by atoms with Gasteiger partial charge in [0.1, 0.15) is 5.56 Å². The number of rotatable bonds is 4. The monoisotopic (exact) mass is 343 g/mol. The minimum absolute atomic E-state index is 0.0126. The maximum absolute atomic E-state index is 12.0. The molecule has 1 aromatic rings. The highest BCUT2D eigenvalue weighted by molar-refractivity contribution is 9.10. The molecule has 0 saturated carbocycles. The summed E-state index contributed by atoms with van der Waals surface area (Å²) < 4.78 is 0.538. The number of carbonyl (C=O) groups excluding carboxylic acids is 1. The van der Waals surface area contributed by atoms with Crippen LogP contribution in [0.15, 0.2) is 22.7 Å². The van der Waals surface area contributed by atoms with Gasteiger partial charge in [-0.15, -0.1) is 0 Å². The van der Waals surface area contributed by atoms with Crippen molar-refractivity contribution < 1.29 is 14.8 Å². The van der Waals surface area contributed by atoms with E-state index in [9.17, 15) is 20.0 Å². The Hall–Kier alpha value is -1.51. The second kappa shape index (κ2) is 6.29. The lowest BCUT2D eigenvalue weighted by Gasteiger charge is -2.14. The SMILES string of the molecule is O=C(NCC1CNCC1O)c1ccc(Br)cc1[N+](=O)[O-]. The topological polar surface area (TPSA) is 104 Å². The second-order valence-electron chi connectivity index (χ2n) is 4.61. The van der Waals surface area contributed by atoms with Gasteiger partial charge in [-0.2, -0.15) is 0 Å². The average Bonchev–Trinajstić information content (AvgIpc) is 2.81. The Kier molecular flexibility index (Phi) is 4.69. The lowest BCUT2D eigenvalue weighted by atomic mass is 10.1. The molecule has 0 aromatic heterocycles. The van der Waals surface area contributed by atoms with Crippen LogP contribution < -0.4 is 10.6 Å². The average molecular weight is 344 g/mol. The van der Waals surface area contributed by atoms with E-state index in [-0.39, 0.29) is 23.7 Å². The fourth-order valence-electron chi connectivity index (χ4n) is 2.09. The second-order valence-corrected chi connectivity index (χ2v) is 5.53. The fraction of sp³-hybridized carbons (Fsp3) is 0.417. The number of halogens is 1. The predicted octanol–water partition coefficient (Wildman–Crippen LogP) is 0.667. The van der Waals surface area contributed by atoms with E-state index in [1.165, 1.54) is 12.1 Å². The Morgan fingerprint density at radius 3 is 2.90 bits per heavy atom. The summed E-state index contributed by atoms with van der Waals surface area (Å²) in [5, 5.41) is 26.2. The summed E-state index contributed by atoms with van der Waals surface area (Å²) in [7, 11) is 0. The minimum Gasteiger partial charge on any atom is -0.391 e.